The molecular formula is C13H11ClN4O2S. The number of benzene rings is 1. The highest BCUT2D eigenvalue weighted by Gasteiger charge is 2.16. The third-order valence-corrected chi connectivity index (χ3v) is 4.43. The molecule has 6 nitrogen and oxygen atoms in total. The highest BCUT2D eigenvalue weighted by molar-refractivity contribution is 7.92. The van der Waals surface area contributed by atoms with Gasteiger partial charge in [-0.3, -0.25) is 4.72 Å². The number of pyridine rings is 1. The minimum atomic E-state index is -3.84. The number of nitrogens with two attached hydrogens (primary N) is 1. The number of aryl methyl sites for hydroxylation is 1. The monoisotopic (exact) mass is 322 g/mol. The van der Waals surface area contributed by atoms with E-state index in [9.17, 15) is 8.42 Å². The van der Waals surface area contributed by atoms with Crippen molar-refractivity contribution in [1.29, 1.82) is 5.26 Å². The number of hydrogen-bond donors (Lipinski definition) is 2. The first-order chi connectivity index (χ1) is 9.83. The SMILES string of the molecule is Cc1cc(NS(=O)(=O)c2ccc(C#N)c(Cl)c2)ncc1N. The molecule has 0 fully saturated rings. The summed E-state index contributed by atoms with van der Waals surface area (Å²) in [5.41, 5.74) is 7.01. The van der Waals surface area contributed by atoms with E-state index in [4.69, 9.17) is 22.6 Å². The van der Waals surface area contributed by atoms with Crippen LogP contribution in [-0.4, -0.2) is 13.4 Å². The second-order valence-corrected chi connectivity index (χ2v) is 6.37. The molecule has 2 aromatic rings. The van der Waals surface area contributed by atoms with Crippen LogP contribution in [0.2, 0.25) is 5.02 Å². The number of nitrogens with zero attached hydrogens (tertiary/aromatic N) is 2. The number of hydrogen-bond acceptors (Lipinski definition) is 5. The lowest BCUT2D eigenvalue weighted by atomic mass is 10.2. The minimum absolute atomic E-state index is 0.0530. The summed E-state index contributed by atoms with van der Waals surface area (Å²) in [5.74, 6) is 0.155. The molecule has 0 spiro atoms. The lowest BCUT2D eigenvalue weighted by Crippen LogP contribution is -2.14. The molecule has 1 aromatic carbocycles. The zero-order valence-electron chi connectivity index (χ0n) is 11.0. The van der Waals surface area contributed by atoms with Gasteiger partial charge in [0.1, 0.15) is 11.9 Å². The minimum Gasteiger partial charge on any atom is -0.397 e. The topological polar surface area (TPSA) is 109 Å². The van der Waals surface area contributed by atoms with E-state index in [0.717, 1.165) is 0 Å². The molecular weight excluding hydrogens is 312 g/mol. The third-order valence-electron chi connectivity index (χ3n) is 2.76. The molecule has 1 heterocycles. The first-order valence-electron chi connectivity index (χ1n) is 5.78. The highest BCUT2D eigenvalue weighted by atomic mass is 35.5. The lowest BCUT2D eigenvalue weighted by Gasteiger charge is -2.09. The number of nitrogens with one attached hydrogen (secondary N) is 1. The molecule has 0 atom stereocenters. The molecule has 0 bridgehead atoms. The van der Waals surface area contributed by atoms with Gasteiger partial charge in [0.05, 0.1) is 27.4 Å². The van der Waals surface area contributed by atoms with Crippen LogP contribution in [-0.2, 0) is 10.0 Å². The molecule has 0 aliphatic carbocycles. The predicted molar refractivity (Wildman–Crippen MR) is 80.4 cm³/mol. The first kappa shape index (κ1) is 15.1. The quantitative estimate of drug-likeness (QED) is 0.901. The largest absolute Gasteiger partial charge is 0.397 e. The summed E-state index contributed by atoms with van der Waals surface area (Å²) >= 11 is 5.84. The fourth-order valence-electron chi connectivity index (χ4n) is 1.57. The van der Waals surface area contributed by atoms with Gasteiger partial charge in [-0.25, -0.2) is 13.4 Å². The molecule has 0 saturated heterocycles. The van der Waals surface area contributed by atoms with Gasteiger partial charge < -0.3 is 5.73 Å². The molecule has 2 rings (SSSR count). The molecule has 108 valence electrons. The maximum absolute atomic E-state index is 12.2. The fraction of sp³-hybridized carbons (Fsp3) is 0.0769. The Kier molecular flexibility index (Phi) is 4.02. The van der Waals surface area contributed by atoms with Gasteiger partial charge in [-0.2, -0.15) is 5.26 Å². The van der Waals surface area contributed by atoms with Gasteiger partial charge in [-0.15, -0.1) is 0 Å². The average Bonchev–Trinajstić information content (AvgIpc) is 2.42. The molecule has 8 heteroatoms. The van der Waals surface area contributed by atoms with Gasteiger partial charge >= 0.3 is 0 Å². The van der Waals surface area contributed by atoms with Crippen molar-refractivity contribution in [2.75, 3.05) is 10.5 Å². The van der Waals surface area contributed by atoms with Crippen molar-refractivity contribution in [3.05, 3.63) is 46.6 Å². The van der Waals surface area contributed by atoms with Crippen LogP contribution in [0.1, 0.15) is 11.1 Å². The second kappa shape index (κ2) is 5.60. The van der Waals surface area contributed by atoms with Crippen molar-refractivity contribution in [2.24, 2.45) is 0 Å². The Morgan fingerprint density at radius 3 is 2.67 bits per heavy atom. The Balaban J connectivity index is 2.36. The molecule has 0 amide bonds. The van der Waals surface area contributed by atoms with Crippen LogP contribution in [0, 0.1) is 18.3 Å². The van der Waals surface area contributed by atoms with E-state index in [0.29, 0.717) is 11.3 Å². The normalized spacial score (nSPS) is 10.9. The van der Waals surface area contributed by atoms with Crippen LogP contribution in [0.3, 0.4) is 0 Å². The van der Waals surface area contributed by atoms with Crippen LogP contribution in [0.25, 0.3) is 0 Å². The number of aromatic nitrogens is 1. The molecule has 0 saturated carbocycles. The molecule has 0 radical (unpaired) electrons. The third kappa shape index (κ3) is 3.24. The van der Waals surface area contributed by atoms with Crippen molar-refractivity contribution < 1.29 is 8.42 Å². The highest BCUT2D eigenvalue weighted by Crippen LogP contribution is 2.22. The summed E-state index contributed by atoms with van der Waals surface area (Å²) in [6, 6.07) is 7.25. The summed E-state index contributed by atoms with van der Waals surface area (Å²) in [4.78, 5) is 3.85. The lowest BCUT2D eigenvalue weighted by molar-refractivity contribution is 0.601. The maximum atomic E-state index is 12.2. The molecule has 0 aliphatic heterocycles. The average molecular weight is 323 g/mol. The van der Waals surface area contributed by atoms with Gasteiger partial charge in [0.15, 0.2) is 0 Å². The number of rotatable bonds is 3. The fourth-order valence-corrected chi connectivity index (χ4v) is 2.89. The van der Waals surface area contributed by atoms with Crippen molar-refractivity contribution in [2.45, 2.75) is 11.8 Å². The summed E-state index contributed by atoms with van der Waals surface area (Å²) in [7, 11) is -3.84. The van der Waals surface area contributed by atoms with Crippen molar-refractivity contribution in [1.82, 2.24) is 4.98 Å². The van der Waals surface area contributed by atoms with Crippen molar-refractivity contribution in [3.63, 3.8) is 0 Å². The van der Waals surface area contributed by atoms with Crippen LogP contribution in [0.4, 0.5) is 11.5 Å². The summed E-state index contributed by atoms with van der Waals surface area (Å²) in [6.07, 6.45) is 1.37. The van der Waals surface area contributed by atoms with Gasteiger partial charge in [0, 0.05) is 0 Å². The molecule has 0 aliphatic rings. The molecule has 1 aromatic heterocycles. The molecule has 21 heavy (non-hydrogen) atoms. The predicted octanol–water partition coefficient (Wildman–Crippen LogP) is 2.30. The van der Waals surface area contributed by atoms with Crippen molar-refractivity contribution in [3.8, 4) is 6.07 Å². The van der Waals surface area contributed by atoms with E-state index >= 15 is 0 Å². The van der Waals surface area contributed by atoms with Crippen LogP contribution < -0.4 is 10.5 Å². The first-order valence-corrected chi connectivity index (χ1v) is 7.64. The Hall–Kier alpha value is -2.30. The standard InChI is InChI=1S/C13H11ClN4O2S/c1-8-4-13(17-7-12(8)16)18-21(19,20)10-3-2-9(6-15)11(14)5-10/h2-5,7H,16H2,1H3,(H,17,18). The van der Waals surface area contributed by atoms with Crippen LogP contribution in [0.5, 0.6) is 0 Å². The zero-order chi connectivity index (χ0) is 15.6. The Labute approximate surface area is 127 Å². The van der Waals surface area contributed by atoms with Gasteiger partial charge in [0.25, 0.3) is 10.0 Å². The maximum Gasteiger partial charge on any atom is 0.263 e. The van der Waals surface area contributed by atoms with E-state index in [2.05, 4.69) is 9.71 Å². The van der Waals surface area contributed by atoms with Crippen molar-refractivity contribution >= 4 is 33.1 Å². The number of anilines is 2. The second-order valence-electron chi connectivity index (χ2n) is 4.29. The Morgan fingerprint density at radius 1 is 1.38 bits per heavy atom. The van der Waals surface area contributed by atoms with Gasteiger partial charge in [-0.1, -0.05) is 11.6 Å². The Bertz CT molecular complexity index is 844. The number of halogens is 1. The van der Waals surface area contributed by atoms with E-state index < -0.39 is 10.0 Å². The Morgan fingerprint density at radius 2 is 2.10 bits per heavy atom. The smallest absolute Gasteiger partial charge is 0.263 e. The van der Waals surface area contributed by atoms with E-state index in [1.54, 1.807) is 6.92 Å². The zero-order valence-corrected chi connectivity index (χ0v) is 12.5. The summed E-state index contributed by atoms with van der Waals surface area (Å²) in [6.45, 7) is 1.74. The summed E-state index contributed by atoms with van der Waals surface area (Å²) < 4.78 is 26.8. The van der Waals surface area contributed by atoms with E-state index in [-0.39, 0.29) is 21.3 Å². The number of nitrogen functional groups attached to an aromatic ring is 1. The van der Waals surface area contributed by atoms with Crippen LogP contribution >= 0.6 is 11.6 Å². The number of nitriles is 1. The van der Waals surface area contributed by atoms with Gasteiger partial charge in [0.2, 0.25) is 0 Å². The number of sulfonamides is 1. The van der Waals surface area contributed by atoms with E-state index in [1.165, 1.54) is 30.5 Å². The summed E-state index contributed by atoms with van der Waals surface area (Å²) in [5, 5.41) is 8.85. The van der Waals surface area contributed by atoms with Crippen LogP contribution in [0.15, 0.2) is 35.4 Å². The van der Waals surface area contributed by atoms with Gasteiger partial charge in [-0.05, 0) is 36.8 Å². The molecule has 3 N–H and O–H groups in total. The molecule has 0 unspecified atom stereocenters. The van der Waals surface area contributed by atoms with E-state index in [1.807, 2.05) is 6.07 Å².